The Morgan fingerprint density at radius 2 is 1.81 bits per heavy atom. The number of aryl methyl sites for hydroxylation is 1. The van der Waals surface area contributed by atoms with Gasteiger partial charge < -0.3 is 14.8 Å². The maximum absolute atomic E-state index is 14.3. The van der Waals surface area contributed by atoms with Crippen LogP contribution < -0.4 is 15.0 Å². The van der Waals surface area contributed by atoms with Gasteiger partial charge in [0.2, 0.25) is 0 Å². The van der Waals surface area contributed by atoms with Crippen LogP contribution in [-0.4, -0.2) is 46.7 Å². The van der Waals surface area contributed by atoms with Gasteiger partial charge in [-0.1, -0.05) is 35.3 Å². The fourth-order valence-corrected chi connectivity index (χ4v) is 6.25. The van der Waals surface area contributed by atoms with E-state index in [1.54, 1.807) is 78.0 Å². The first-order chi connectivity index (χ1) is 20.9. The molecule has 2 unspecified atom stereocenters. The van der Waals surface area contributed by atoms with Crippen LogP contribution in [0.2, 0.25) is 10.0 Å². The van der Waals surface area contributed by atoms with Crippen molar-refractivity contribution >= 4 is 57.2 Å². The molecule has 2 amide bonds. The van der Waals surface area contributed by atoms with Crippen LogP contribution in [0.3, 0.4) is 0 Å². The van der Waals surface area contributed by atoms with Crippen LogP contribution in [0, 0.1) is 0 Å². The van der Waals surface area contributed by atoms with Crippen molar-refractivity contribution < 1.29 is 23.3 Å². The van der Waals surface area contributed by atoms with Crippen molar-refractivity contribution in [1.29, 1.82) is 0 Å². The number of rotatable bonds is 9. The second kappa shape index (κ2) is 14.1. The zero-order chi connectivity index (χ0) is 30.3. The van der Waals surface area contributed by atoms with Crippen molar-refractivity contribution in [1.82, 2.24) is 4.98 Å². The van der Waals surface area contributed by atoms with Crippen molar-refractivity contribution in [3.8, 4) is 5.75 Å². The fourth-order valence-electron chi connectivity index (χ4n) is 4.93. The van der Waals surface area contributed by atoms with Gasteiger partial charge in [0.1, 0.15) is 12.0 Å². The van der Waals surface area contributed by atoms with Gasteiger partial charge in [0.15, 0.2) is 0 Å². The predicted octanol–water partition coefficient (Wildman–Crippen LogP) is 6.78. The number of ether oxygens (including phenoxy) is 2. The topological polar surface area (TPSA) is 97.8 Å². The number of hydrogen-bond donors (Lipinski definition) is 1. The lowest BCUT2D eigenvalue weighted by molar-refractivity contribution is 0.0495. The summed E-state index contributed by atoms with van der Waals surface area (Å²) in [6.07, 6.45) is 4.62. The summed E-state index contributed by atoms with van der Waals surface area (Å²) >= 11 is 12.5. The van der Waals surface area contributed by atoms with Gasteiger partial charge in [-0.3, -0.25) is 23.7 Å². The molecule has 0 saturated heterocycles. The minimum absolute atomic E-state index is 0.177. The number of carbonyl (C=O) groups is 2. The molecule has 0 bridgehead atoms. The molecule has 1 aromatic heterocycles. The quantitative estimate of drug-likeness (QED) is 0.217. The highest BCUT2D eigenvalue weighted by molar-refractivity contribution is 7.85. The minimum Gasteiger partial charge on any atom is -0.496 e. The Morgan fingerprint density at radius 1 is 1.02 bits per heavy atom. The Morgan fingerprint density at radius 3 is 2.58 bits per heavy atom. The standard InChI is InChI=1S/C32H29Cl2N3O5S/c1-41-29-20-23(36-31(38)25-6-2-3-7-27(25)34)10-11-26(29)32(39)37-28-12-9-22(33)19-21(28)5-4-8-30(37)42-17-18-43(40)24-13-15-35-16-14-24/h2-3,6-7,9-16,19-20,30H,4-5,8,17-18H2,1H3,(H,36,38). The number of anilines is 2. The average molecular weight is 639 g/mol. The molecule has 2 atom stereocenters. The predicted molar refractivity (Wildman–Crippen MR) is 169 cm³/mol. The van der Waals surface area contributed by atoms with Gasteiger partial charge in [0, 0.05) is 39.8 Å². The molecule has 1 aliphatic rings. The summed E-state index contributed by atoms with van der Waals surface area (Å²) in [6, 6.07) is 20.4. The highest BCUT2D eigenvalue weighted by Gasteiger charge is 2.32. The SMILES string of the molecule is COc1cc(NC(=O)c2ccccc2Cl)ccc1C(=O)N1c2ccc(Cl)cc2CCCC1OCCS(=O)c1ccncc1. The van der Waals surface area contributed by atoms with E-state index in [0.29, 0.717) is 44.7 Å². The summed E-state index contributed by atoms with van der Waals surface area (Å²) in [5.41, 5.74) is 2.66. The van der Waals surface area contributed by atoms with Gasteiger partial charge in [0.25, 0.3) is 11.8 Å². The van der Waals surface area contributed by atoms with Crippen molar-refractivity contribution in [3.63, 3.8) is 0 Å². The number of nitrogens with zero attached hydrogens (tertiary/aromatic N) is 2. The number of methoxy groups -OCH3 is 1. The van der Waals surface area contributed by atoms with Gasteiger partial charge in [-0.05, 0) is 79.4 Å². The van der Waals surface area contributed by atoms with E-state index in [-0.39, 0.29) is 35.5 Å². The second-order valence-corrected chi connectivity index (χ2v) is 12.2. The molecule has 2 heterocycles. The first-order valence-electron chi connectivity index (χ1n) is 13.6. The molecular weight excluding hydrogens is 609 g/mol. The molecule has 1 aliphatic heterocycles. The van der Waals surface area contributed by atoms with Gasteiger partial charge in [-0.25, -0.2) is 0 Å². The van der Waals surface area contributed by atoms with Crippen molar-refractivity contribution in [2.45, 2.75) is 30.4 Å². The smallest absolute Gasteiger partial charge is 0.264 e. The van der Waals surface area contributed by atoms with Crippen LogP contribution >= 0.6 is 23.2 Å². The summed E-state index contributed by atoms with van der Waals surface area (Å²) < 4.78 is 24.7. The summed E-state index contributed by atoms with van der Waals surface area (Å²) in [7, 11) is 0.187. The lowest BCUT2D eigenvalue weighted by atomic mass is 10.1. The molecule has 11 heteroatoms. The highest BCUT2D eigenvalue weighted by Crippen LogP contribution is 2.35. The van der Waals surface area contributed by atoms with Crippen LogP contribution in [0.25, 0.3) is 0 Å². The Balaban J connectivity index is 1.41. The third-order valence-corrected chi connectivity index (χ3v) is 8.91. The van der Waals surface area contributed by atoms with Crippen molar-refractivity contribution in [2.75, 3.05) is 29.7 Å². The third-order valence-electron chi connectivity index (χ3n) is 7.00. The monoisotopic (exact) mass is 637 g/mol. The number of hydrogen-bond acceptors (Lipinski definition) is 6. The zero-order valence-electron chi connectivity index (χ0n) is 23.3. The summed E-state index contributed by atoms with van der Waals surface area (Å²) in [6.45, 7) is 0.177. The summed E-state index contributed by atoms with van der Waals surface area (Å²) in [4.78, 5) is 33.3. The first kappa shape index (κ1) is 30.7. The molecule has 0 aliphatic carbocycles. The Labute approximate surface area is 262 Å². The fraction of sp³-hybridized carbons (Fsp3) is 0.219. The van der Waals surface area contributed by atoms with Crippen LogP contribution in [-0.2, 0) is 22.0 Å². The second-order valence-electron chi connectivity index (χ2n) is 9.75. The van der Waals surface area contributed by atoms with E-state index in [1.165, 1.54) is 7.11 Å². The van der Waals surface area contributed by atoms with Gasteiger partial charge >= 0.3 is 0 Å². The molecule has 4 aromatic rings. The molecule has 8 nitrogen and oxygen atoms in total. The number of halogens is 2. The molecule has 0 radical (unpaired) electrons. The van der Waals surface area contributed by atoms with E-state index < -0.39 is 17.0 Å². The Bertz CT molecular complexity index is 1650. The maximum atomic E-state index is 14.3. The van der Waals surface area contributed by atoms with E-state index in [2.05, 4.69) is 10.3 Å². The highest BCUT2D eigenvalue weighted by atomic mass is 35.5. The van der Waals surface area contributed by atoms with Crippen LogP contribution in [0.4, 0.5) is 11.4 Å². The van der Waals surface area contributed by atoms with E-state index in [9.17, 15) is 13.8 Å². The Kier molecular flexibility index (Phi) is 10.1. The summed E-state index contributed by atoms with van der Waals surface area (Å²) in [5.74, 6) is -0.187. The van der Waals surface area contributed by atoms with Crippen LogP contribution in [0.5, 0.6) is 5.75 Å². The number of amides is 2. The molecule has 1 N–H and O–H groups in total. The van der Waals surface area contributed by atoms with Gasteiger partial charge in [-0.2, -0.15) is 0 Å². The van der Waals surface area contributed by atoms with Gasteiger partial charge in [-0.15, -0.1) is 0 Å². The largest absolute Gasteiger partial charge is 0.496 e. The first-order valence-corrected chi connectivity index (χ1v) is 15.7. The zero-order valence-corrected chi connectivity index (χ0v) is 25.6. The third kappa shape index (κ3) is 7.25. The number of carbonyl (C=O) groups excluding carboxylic acids is 2. The molecular formula is C32H29Cl2N3O5S. The average Bonchev–Trinajstić information content (AvgIpc) is 3.19. The minimum atomic E-state index is -1.28. The van der Waals surface area contributed by atoms with E-state index in [4.69, 9.17) is 32.7 Å². The van der Waals surface area contributed by atoms with Crippen molar-refractivity contribution in [2.24, 2.45) is 0 Å². The lowest BCUT2D eigenvalue weighted by Gasteiger charge is -2.32. The van der Waals surface area contributed by atoms with Crippen LogP contribution in [0.1, 0.15) is 39.1 Å². The van der Waals surface area contributed by atoms with Gasteiger partial charge in [0.05, 0.1) is 46.4 Å². The lowest BCUT2D eigenvalue weighted by Crippen LogP contribution is -2.42. The number of benzene rings is 3. The number of nitrogens with one attached hydrogen (secondary N) is 1. The van der Waals surface area contributed by atoms with E-state index in [0.717, 1.165) is 12.0 Å². The van der Waals surface area contributed by atoms with Crippen LogP contribution in [0.15, 0.2) is 90.1 Å². The maximum Gasteiger partial charge on any atom is 0.264 e. The molecule has 0 spiro atoms. The molecule has 222 valence electrons. The normalized spacial score (nSPS) is 15.2. The van der Waals surface area contributed by atoms with E-state index in [1.807, 2.05) is 12.1 Å². The number of pyridine rings is 1. The number of aromatic nitrogens is 1. The molecule has 5 rings (SSSR count). The number of fused-ring (bicyclic) bond motifs is 1. The molecule has 0 saturated carbocycles. The Hall–Kier alpha value is -3.76. The van der Waals surface area contributed by atoms with Crippen molar-refractivity contribution in [3.05, 3.63) is 112 Å². The van der Waals surface area contributed by atoms with E-state index >= 15 is 0 Å². The summed E-state index contributed by atoms with van der Waals surface area (Å²) in [5, 5.41) is 3.72. The molecule has 43 heavy (non-hydrogen) atoms. The molecule has 0 fully saturated rings. The molecule has 3 aromatic carbocycles.